The molecule has 0 unspecified atom stereocenters. The van der Waals surface area contributed by atoms with Crippen LogP contribution in [-0.2, 0) is 6.54 Å². The summed E-state index contributed by atoms with van der Waals surface area (Å²) in [5, 5.41) is 3.55. The molecule has 0 atom stereocenters. The first-order valence-corrected chi connectivity index (χ1v) is 8.01. The molecule has 21 heavy (non-hydrogen) atoms. The summed E-state index contributed by atoms with van der Waals surface area (Å²) >= 11 is 0. The van der Waals surface area contributed by atoms with Crippen molar-refractivity contribution in [3.63, 3.8) is 0 Å². The quantitative estimate of drug-likeness (QED) is 0.819. The summed E-state index contributed by atoms with van der Waals surface area (Å²) in [6, 6.07) is 7.19. The van der Waals surface area contributed by atoms with Crippen molar-refractivity contribution < 1.29 is 8.78 Å². The lowest BCUT2D eigenvalue weighted by Gasteiger charge is -2.32. The zero-order valence-electron chi connectivity index (χ0n) is 12.8. The van der Waals surface area contributed by atoms with E-state index in [-0.39, 0.29) is 5.56 Å². The summed E-state index contributed by atoms with van der Waals surface area (Å²) < 4.78 is 25.0. The predicted octanol–water partition coefficient (Wildman–Crippen LogP) is 3.98. The van der Waals surface area contributed by atoms with Crippen molar-refractivity contribution in [3.05, 3.63) is 35.4 Å². The molecule has 0 spiro atoms. The topological polar surface area (TPSA) is 15.3 Å². The standard InChI is InChI=1S/C17H26F2N2/c1-2-3-10-21-11-8-16(9-12-21)20-13-14-4-6-15(7-5-14)17(18)19/h4-7,16-17,20H,2-3,8-13H2,1H3. The first-order chi connectivity index (χ1) is 10.2. The molecule has 1 saturated heterocycles. The van der Waals surface area contributed by atoms with E-state index in [2.05, 4.69) is 17.1 Å². The van der Waals surface area contributed by atoms with Crippen molar-refractivity contribution in [2.24, 2.45) is 0 Å². The number of nitrogens with zero attached hydrogens (tertiary/aromatic N) is 1. The smallest absolute Gasteiger partial charge is 0.263 e. The molecule has 0 amide bonds. The minimum Gasteiger partial charge on any atom is -0.310 e. The van der Waals surface area contributed by atoms with Crippen LogP contribution in [0.15, 0.2) is 24.3 Å². The molecule has 1 fully saturated rings. The van der Waals surface area contributed by atoms with Gasteiger partial charge in [-0.1, -0.05) is 37.6 Å². The number of halogens is 2. The Hall–Kier alpha value is -1.00. The Morgan fingerprint density at radius 1 is 1.19 bits per heavy atom. The van der Waals surface area contributed by atoms with Gasteiger partial charge >= 0.3 is 0 Å². The number of nitrogens with one attached hydrogen (secondary N) is 1. The van der Waals surface area contributed by atoms with Crippen molar-refractivity contribution >= 4 is 0 Å². The predicted molar refractivity (Wildman–Crippen MR) is 82.6 cm³/mol. The minimum absolute atomic E-state index is 0.1000. The third-order valence-electron chi connectivity index (χ3n) is 4.24. The van der Waals surface area contributed by atoms with E-state index in [1.54, 1.807) is 12.1 Å². The summed E-state index contributed by atoms with van der Waals surface area (Å²) in [5.74, 6) is 0. The van der Waals surface area contributed by atoms with Crippen LogP contribution < -0.4 is 5.32 Å². The Morgan fingerprint density at radius 2 is 1.86 bits per heavy atom. The molecule has 4 heteroatoms. The first kappa shape index (κ1) is 16.4. The average molecular weight is 296 g/mol. The minimum atomic E-state index is -2.38. The molecule has 1 aromatic rings. The number of alkyl halides is 2. The molecular formula is C17H26F2N2. The van der Waals surface area contributed by atoms with Crippen LogP contribution in [0, 0.1) is 0 Å². The van der Waals surface area contributed by atoms with Gasteiger partial charge in [-0.15, -0.1) is 0 Å². The van der Waals surface area contributed by atoms with Gasteiger partial charge in [0.15, 0.2) is 0 Å². The number of piperidine rings is 1. The Labute approximate surface area is 126 Å². The second-order valence-electron chi connectivity index (χ2n) is 5.89. The van der Waals surface area contributed by atoms with Gasteiger partial charge in [0.25, 0.3) is 6.43 Å². The Bertz CT molecular complexity index is 398. The highest BCUT2D eigenvalue weighted by molar-refractivity contribution is 5.23. The molecule has 1 aliphatic rings. The second-order valence-corrected chi connectivity index (χ2v) is 5.89. The van der Waals surface area contributed by atoms with E-state index in [0.717, 1.165) is 12.1 Å². The molecule has 1 aliphatic heterocycles. The van der Waals surface area contributed by atoms with Gasteiger partial charge in [0.05, 0.1) is 0 Å². The number of rotatable bonds is 7. The van der Waals surface area contributed by atoms with E-state index < -0.39 is 6.43 Å². The fraction of sp³-hybridized carbons (Fsp3) is 0.647. The molecule has 1 heterocycles. The van der Waals surface area contributed by atoms with Crippen LogP contribution in [-0.4, -0.2) is 30.6 Å². The summed E-state index contributed by atoms with van der Waals surface area (Å²) in [6.07, 6.45) is 2.53. The van der Waals surface area contributed by atoms with Crippen molar-refractivity contribution in [1.29, 1.82) is 0 Å². The summed E-state index contributed by atoms with van der Waals surface area (Å²) in [5.41, 5.74) is 1.18. The third-order valence-corrected chi connectivity index (χ3v) is 4.24. The molecule has 0 saturated carbocycles. The van der Waals surface area contributed by atoms with E-state index in [9.17, 15) is 8.78 Å². The number of unbranched alkanes of at least 4 members (excludes halogenated alkanes) is 1. The van der Waals surface area contributed by atoms with Crippen LogP contribution in [0.25, 0.3) is 0 Å². The molecule has 0 aromatic heterocycles. The lowest BCUT2D eigenvalue weighted by atomic mass is 10.0. The Kier molecular flexibility index (Phi) is 6.58. The summed E-state index contributed by atoms with van der Waals surface area (Å²) in [6.45, 7) is 6.55. The highest BCUT2D eigenvalue weighted by Crippen LogP contribution is 2.19. The van der Waals surface area contributed by atoms with Crippen LogP contribution in [0.2, 0.25) is 0 Å². The van der Waals surface area contributed by atoms with Crippen LogP contribution in [0.5, 0.6) is 0 Å². The van der Waals surface area contributed by atoms with Crippen LogP contribution >= 0.6 is 0 Å². The largest absolute Gasteiger partial charge is 0.310 e. The molecule has 1 N–H and O–H groups in total. The number of likely N-dealkylation sites (tertiary alicyclic amines) is 1. The maximum Gasteiger partial charge on any atom is 0.263 e. The zero-order valence-corrected chi connectivity index (χ0v) is 12.8. The van der Waals surface area contributed by atoms with E-state index in [1.807, 2.05) is 0 Å². The number of hydrogen-bond acceptors (Lipinski definition) is 2. The number of hydrogen-bond donors (Lipinski definition) is 1. The molecular weight excluding hydrogens is 270 g/mol. The number of benzene rings is 1. The van der Waals surface area contributed by atoms with Crippen molar-refractivity contribution in [2.75, 3.05) is 19.6 Å². The SMILES string of the molecule is CCCCN1CCC(NCc2ccc(C(F)F)cc2)CC1. The first-order valence-electron chi connectivity index (χ1n) is 8.01. The Morgan fingerprint density at radius 3 is 2.43 bits per heavy atom. The summed E-state index contributed by atoms with van der Waals surface area (Å²) in [4.78, 5) is 2.54. The van der Waals surface area contributed by atoms with Crippen LogP contribution in [0.3, 0.4) is 0 Å². The van der Waals surface area contributed by atoms with E-state index in [0.29, 0.717) is 6.04 Å². The maximum absolute atomic E-state index is 12.5. The van der Waals surface area contributed by atoms with Crippen molar-refractivity contribution in [1.82, 2.24) is 10.2 Å². The zero-order chi connectivity index (χ0) is 15.1. The van der Waals surface area contributed by atoms with Gasteiger partial charge in [0.1, 0.15) is 0 Å². The van der Waals surface area contributed by atoms with Gasteiger partial charge in [-0.05, 0) is 44.5 Å². The molecule has 2 rings (SSSR count). The van der Waals surface area contributed by atoms with Gasteiger partial charge in [0.2, 0.25) is 0 Å². The molecule has 0 radical (unpaired) electrons. The fourth-order valence-corrected chi connectivity index (χ4v) is 2.79. The van der Waals surface area contributed by atoms with Crippen LogP contribution in [0.1, 0.15) is 50.2 Å². The average Bonchev–Trinajstić information content (AvgIpc) is 2.52. The van der Waals surface area contributed by atoms with E-state index in [1.165, 1.54) is 57.5 Å². The normalized spacial score (nSPS) is 17.5. The highest BCUT2D eigenvalue weighted by Gasteiger charge is 2.18. The highest BCUT2D eigenvalue weighted by atomic mass is 19.3. The lowest BCUT2D eigenvalue weighted by Crippen LogP contribution is -2.42. The third kappa shape index (κ3) is 5.36. The van der Waals surface area contributed by atoms with Gasteiger partial charge in [-0.3, -0.25) is 0 Å². The maximum atomic E-state index is 12.5. The van der Waals surface area contributed by atoms with Crippen molar-refractivity contribution in [3.8, 4) is 0 Å². The lowest BCUT2D eigenvalue weighted by molar-refractivity contribution is 0.151. The summed E-state index contributed by atoms with van der Waals surface area (Å²) in [7, 11) is 0. The Balaban J connectivity index is 1.69. The van der Waals surface area contributed by atoms with E-state index >= 15 is 0 Å². The van der Waals surface area contributed by atoms with Gasteiger partial charge in [-0.25, -0.2) is 8.78 Å². The molecule has 118 valence electrons. The molecule has 0 bridgehead atoms. The van der Waals surface area contributed by atoms with E-state index in [4.69, 9.17) is 0 Å². The fourth-order valence-electron chi connectivity index (χ4n) is 2.79. The monoisotopic (exact) mass is 296 g/mol. The van der Waals surface area contributed by atoms with Crippen molar-refractivity contribution in [2.45, 2.75) is 51.6 Å². The van der Waals surface area contributed by atoms with Gasteiger partial charge < -0.3 is 10.2 Å². The molecule has 1 aromatic carbocycles. The van der Waals surface area contributed by atoms with Gasteiger partial charge in [0, 0.05) is 18.2 Å². The molecule has 2 nitrogen and oxygen atoms in total. The molecule has 0 aliphatic carbocycles. The van der Waals surface area contributed by atoms with Gasteiger partial charge in [-0.2, -0.15) is 0 Å². The second kappa shape index (κ2) is 8.44. The van der Waals surface area contributed by atoms with Crippen LogP contribution in [0.4, 0.5) is 8.78 Å².